The van der Waals surface area contributed by atoms with Crippen LogP contribution in [0.2, 0.25) is 0 Å². The van der Waals surface area contributed by atoms with Crippen LogP contribution in [0.3, 0.4) is 0 Å². The lowest BCUT2D eigenvalue weighted by Crippen LogP contribution is -2.51. The van der Waals surface area contributed by atoms with E-state index in [0.29, 0.717) is 17.6 Å². The van der Waals surface area contributed by atoms with Crippen LogP contribution in [0.4, 0.5) is 4.39 Å². The number of aryl methyl sites for hydroxylation is 1. The monoisotopic (exact) mass is 276 g/mol. The van der Waals surface area contributed by atoms with Crippen LogP contribution in [0.5, 0.6) is 0 Å². The molecule has 0 aromatic heterocycles. The van der Waals surface area contributed by atoms with Gasteiger partial charge in [-0.05, 0) is 69.8 Å². The van der Waals surface area contributed by atoms with Crippen LogP contribution in [-0.2, 0) is 0 Å². The Morgan fingerprint density at radius 1 is 1.35 bits per heavy atom. The summed E-state index contributed by atoms with van der Waals surface area (Å²) < 4.78 is 13.3. The number of halogens is 1. The van der Waals surface area contributed by atoms with E-state index in [-0.39, 0.29) is 5.82 Å². The van der Waals surface area contributed by atoms with E-state index in [2.05, 4.69) is 24.2 Å². The number of hydrogen-bond donors (Lipinski definition) is 1. The van der Waals surface area contributed by atoms with Crippen LogP contribution < -0.4 is 5.32 Å². The third kappa shape index (κ3) is 2.49. The second kappa shape index (κ2) is 5.12. The first-order chi connectivity index (χ1) is 9.49. The lowest BCUT2D eigenvalue weighted by Gasteiger charge is -2.44. The van der Waals surface area contributed by atoms with Gasteiger partial charge in [0.1, 0.15) is 5.82 Å². The summed E-state index contributed by atoms with van der Waals surface area (Å²) in [5.74, 6) is -0.132. The van der Waals surface area contributed by atoms with Gasteiger partial charge in [0.05, 0.1) is 0 Å². The Labute approximate surface area is 121 Å². The molecular weight excluding hydrogens is 251 g/mol. The SMILES string of the molecule is Cc1cc(F)ccc1C1CC2(CCC(C)N2)CCN1C. The molecule has 2 aliphatic rings. The number of benzene rings is 1. The highest BCUT2D eigenvalue weighted by atomic mass is 19.1. The van der Waals surface area contributed by atoms with Crippen LogP contribution in [0.25, 0.3) is 0 Å². The van der Waals surface area contributed by atoms with Crippen LogP contribution in [0, 0.1) is 12.7 Å². The van der Waals surface area contributed by atoms with Crippen LogP contribution in [-0.4, -0.2) is 30.1 Å². The molecule has 3 heteroatoms. The summed E-state index contributed by atoms with van der Waals surface area (Å²) in [5, 5.41) is 3.82. The number of likely N-dealkylation sites (tertiary alicyclic amines) is 1. The Bertz CT molecular complexity index is 502. The first-order valence-corrected chi connectivity index (χ1v) is 7.73. The maximum Gasteiger partial charge on any atom is 0.123 e. The smallest absolute Gasteiger partial charge is 0.123 e. The van der Waals surface area contributed by atoms with Crippen molar-refractivity contribution in [3.05, 3.63) is 35.1 Å². The molecule has 0 saturated carbocycles. The van der Waals surface area contributed by atoms with Crippen molar-refractivity contribution in [3.8, 4) is 0 Å². The molecule has 0 aliphatic carbocycles. The Hall–Kier alpha value is -0.930. The summed E-state index contributed by atoms with van der Waals surface area (Å²) in [6.45, 7) is 5.42. The standard InChI is InChI=1S/C17H25FN2/c1-12-10-14(18)4-5-15(12)16-11-17(8-9-20(16)3)7-6-13(2)19-17/h4-5,10,13,16,19H,6-9,11H2,1-3H3. The van der Waals surface area contributed by atoms with Crippen LogP contribution in [0.15, 0.2) is 18.2 Å². The summed E-state index contributed by atoms with van der Waals surface area (Å²) in [4.78, 5) is 2.43. The highest BCUT2D eigenvalue weighted by Crippen LogP contribution is 2.42. The minimum atomic E-state index is -0.132. The largest absolute Gasteiger partial charge is 0.309 e. The normalized spacial score (nSPS) is 34.8. The van der Waals surface area contributed by atoms with Gasteiger partial charge in [-0.3, -0.25) is 4.90 Å². The van der Waals surface area contributed by atoms with Crippen LogP contribution >= 0.6 is 0 Å². The average molecular weight is 276 g/mol. The van der Waals surface area contributed by atoms with E-state index in [0.717, 1.165) is 18.5 Å². The first-order valence-electron chi connectivity index (χ1n) is 7.73. The molecule has 0 radical (unpaired) electrons. The van der Waals surface area contributed by atoms with Crippen molar-refractivity contribution < 1.29 is 4.39 Å². The van der Waals surface area contributed by atoms with Gasteiger partial charge in [-0.2, -0.15) is 0 Å². The molecule has 0 bridgehead atoms. The molecule has 2 saturated heterocycles. The van der Waals surface area contributed by atoms with Gasteiger partial charge in [0.15, 0.2) is 0 Å². The van der Waals surface area contributed by atoms with Crippen molar-refractivity contribution in [1.29, 1.82) is 0 Å². The number of rotatable bonds is 1. The van der Waals surface area contributed by atoms with Gasteiger partial charge in [0.2, 0.25) is 0 Å². The van der Waals surface area contributed by atoms with Gasteiger partial charge in [0, 0.05) is 24.2 Å². The van der Waals surface area contributed by atoms with Crippen molar-refractivity contribution >= 4 is 0 Å². The van der Waals surface area contributed by atoms with E-state index < -0.39 is 0 Å². The summed E-state index contributed by atoms with van der Waals surface area (Å²) in [6.07, 6.45) is 4.92. The molecule has 2 aliphatic heterocycles. The lowest BCUT2D eigenvalue weighted by atomic mass is 9.79. The molecule has 2 nitrogen and oxygen atoms in total. The predicted molar refractivity (Wildman–Crippen MR) is 80.3 cm³/mol. The Kier molecular flexibility index (Phi) is 3.59. The van der Waals surface area contributed by atoms with Gasteiger partial charge in [0.25, 0.3) is 0 Å². The Balaban J connectivity index is 1.87. The highest BCUT2D eigenvalue weighted by molar-refractivity contribution is 5.31. The maximum atomic E-state index is 13.3. The lowest BCUT2D eigenvalue weighted by molar-refractivity contribution is 0.106. The van der Waals surface area contributed by atoms with E-state index >= 15 is 0 Å². The molecule has 110 valence electrons. The molecule has 3 atom stereocenters. The summed E-state index contributed by atoms with van der Waals surface area (Å²) >= 11 is 0. The van der Waals surface area contributed by atoms with Crippen LogP contribution in [0.1, 0.15) is 49.8 Å². The number of piperidine rings is 1. The zero-order valence-electron chi connectivity index (χ0n) is 12.7. The Morgan fingerprint density at radius 3 is 2.80 bits per heavy atom. The van der Waals surface area contributed by atoms with Crippen molar-refractivity contribution in [2.24, 2.45) is 0 Å². The summed E-state index contributed by atoms with van der Waals surface area (Å²) in [7, 11) is 2.19. The highest BCUT2D eigenvalue weighted by Gasteiger charge is 2.43. The molecular formula is C17H25FN2. The fraction of sp³-hybridized carbons (Fsp3) is 0.647. The minimum absolute atomic E-state index is 0.132. The minimum Gasteiger partial charge on any atom is -0.309 e. The molecule has 20 heavy (non-hydrogen) atoms. The van der Waals surface area contributed by atoms with Crippen molar-refractivity contribution in [2.75, 3.05) is 13.6 Å². The van der Waals surface area contributed by atoms with Gasteiger partial charge < -0.3 is 5.32 Å². The van der Waals surface area contributed by atoms with E-state index in [1.807, 2.05) is 13.0 Å². The number of nitrogens with zero attached hydrogens (tertiary/aromatic N) is 1. The van der Waals surface area contributed by atoms with E-state index in [4.69, 9.17) is 0 Å². The van der Waals surface area contributed by atoms with E-state index in [9.17, 15) is 4.39 Å². The third-order valence-electron chi connectivity index (χ3n) is 5.26. The molecule has 3 rings (SSSR count). The second-order valence-electron chi connectivity index (χ2n) is 6.82. The quantitative estimate of drug-likeness (QED) is 0.845. The molecule has 1 aromatic carbocycles. The van der Waals surface area contributed by atoms with Gasteiger partial charge >= 0.3 is 0 Å². The molecule has 2 heterocycles. The zero-order chi connectivity index (χ0) is 14.3. The third-order valence-corrected chi connectivity index (χ3v) is 5.26. The topological polar surface area (TPSA) is 15.3 Å². The summed E-state index contributed by atoms with van der Waals surface area (Å²) in [6, 6.07) is 6.27. The fourth-order valence-electron chi connectivity index (χ4n) is 4.05. The fourth-order valence-corrected chi connectivity index (χ4v) is 4.05. The molecule has 1 spiro atoms. The summed E-state index contributed by atoms with van der Waals surface area (Å²) in [5.41, 5.74) is 2.66. The van der Waals surface area contributed by atoms with E-state index in [1.54, 1.807) is 12.1 Å². The molecule has 0 amide bonds. The number of nitrogens with one attached hydrogen (secondary N) is 1. The zero-order valence-corrected chi connectivity index (χ0v) is 12.7. The van der Waals surface area contributed by atoms with E-state index in [1.165, 1.54) is 24.8 Å². The molecule has 3 unspecified atom stereocenters. The van der Waals surface area contributed by atoms with Gasteiger partial charge in [-0.15, -0.1) is 0 Å². The Morgan fingerprint density at radius 2 is 2.15 bits per heavy atom. The molecule has 1 aromatic rings. The van der Waals surface area contributed by atoms with Gasteiger partial charge in [-0.1, -0.05) is 6.07 Å². The average Bonchev–Trinajstić information content (AvgIpc) is 2.75. The first kappa shape index (κ1) is 14.0. The predicted octanol–water partition coefficient (Wildman–Crippen LogP) is 3.41. The van der Waals surface area contributed by atoms with Gasteiger partial charge in [-0.25, -0.2) is 4.39 Å². The maximum absolute atomic E-state index is 13.3. The van der Waals surface area contributed by atoms with Crippen molar-refractivity contribution in [3.63, 3.8) is 0 Å². The van der Waals surface area contributed by atoms with Crippen molar-refractivity contribution in [2.45, 2.75) is 57.2 Å². The second-order valence-corrected chi connectivity index (χ2v) is 6.82. The number of hydrogen-bond acceptors (Lipinski definition) is 2. The molecule has 2 fully saturated rings. The van der Waals surface area contributed by atoms with Crippen molar-refractivity contribution in [1.82, 2.24) is 10.2 Å². The molecule has 1 N–H and O–H groups in total.